The van der Waals surface area contributed by atoms with Crippen LogP contribution in [0.4, 0.5) is 0 Å². The molecule has 17 heavy (non-hydrogen) atoms. The molecule has 0 saturated heterocycles. The lowest BCUT2D eigenvalue weighted by molar-refractivity contribution is -0.0381. The summed E-state index contributed by atoms with van der Waals surface area (Å²) in [5, 5.41) is 0. The predicted octanol–water partition coefficient (Wildman–Crippen LogP) is 2.18. The van der Waals surface area contributed by atoms with Crippen molar-refractivity contribution in [2.45, 2.75) is 45.8 Å². The van der Waals surface area contributed by atoms with Crippen LogP contribution in [0.25, 0.3) is 0 Å². The molecule has 1 aromatic rings. The zero-order chi connectivity index (χ0) is 12.9. The maximum absolute atomic E-state index is 5.75. The highest BCUT2D eigenvalue weighted by Gasteiger charge is 2.29. The molecule has 3 heteroatoms. The second-order valence-electron chi connectivity index (χ2n) is 4.89. The van der Waals surface area contributed by atoms with Crippen LogP contribution in [0.2, 0.25) is 0 Å². The topological polar surface area (TPSA) is 47.3 Å². The molecule has 96 valence electrons. The smallest absolute Gasteiger partial charge is 0.0795 e. The van der Waals surface area contributed by atoms with Gasteiger partial charge in [0.1, 0.15) is 0 Å². The summed E-state index contributed by atoms with van der Waals surface area (Å²) >= 11 is 0. The summed E-state index contributed by atoms with van der Waals surface area (Å²) in [6.07, 6.45) is 0.871. The number of benzene rings is 1. The monoisotopic (exact) mass is 236 g/mol. The molecule has 0 fully saturated rings. The van der Waals surface area contributed by atoms with Gasteiger partial charge in [-0.15, -0.1) is 0 Å². The minimum atomic E-state index is -0.272. The number of aryl methyl sites for hydroxylation is 1. The van der Waals surface area contributed by atoms with E-state index in [4.69, 9.17) is 10.6 Å². The second-order valence-corrected chi connectivity index (χ2v) is 4.89. The molecule has 0 heterocycles. The van der Waals surface area contributed by atoms with Gasteiger partial charge in [0.2, 0.25) is 0 Å². The van der Waals surface area contributed by atoms with Crippen LogP contribution in [0.5, 0.6) is 0 Å². The first-order chi connectivity index (χ1) is 8.01. The summed E-state index contributed by atoms with van der Waals surface area (Å²) < 4.78 is 5.75. The van der Waals surface area contributed by atoms with E-state index < -0.39 is 0 Å². The summed E-state index contributed by atoms with van der Waals surface area (Å²) in [4.78, 5) is 0. The van der Waals surface area contributed by atoms with Gasteiger partial charge in [0.05, 0.1) is 11.6 Å². The molecule has 0 radical (unpaired) electrons. The molecule has 0 amide bonds. The molecular formula is C14H24N2O. The quantitative estimate of drug-likeness (QED) is 0.588. The Morgan fingerprint density at radius 1 is 1.35 bits per heavy atom. The van der Waals surface area contributed by atoms with Gasteiger partial charge in [0.15, 0.2) is 0 Å². The van der Waals surface area contributed by atoms with Crippen molar-refractivity contribution in [2.24, 2.45) is 5.84 Å². The number of hydrazine groups is 1. The highest BCUT2D eigenvalue weighted by Crippen LogP contribution is 2.20. The van der Waals surface area contributed by atoms with E-state index in [0.717, 1.165) is 6.42 Å². The molecule has 3 nitrogen and oxygen atoms in total. The summed E-state index contributed by atoms with van der Waals surface area (Å²) in [5.74, 6) is 5.66. The standard InChI is InChI=1S/C14H24N2O/c1-5-17-14(3,4)13(16-15)10-12-9-7-6-8-11(12)2/h6-9,13,16H,5,10,15H2,1-4H3. The minimum absolute atomic E-state index is 0.101. The Morgan fingerprint density at radius 3 is 2.53 bits per heavy atom. The van der Waals surface area contributed by atoms with Gasteiger partial charge in [-0.3, -0.25) is 11.3 Å². The lowest BCUT2D eigenvalue weighted by Crippen LogP contribution is -2.52. The van der Waals surface area contributed by atoms with Gasteiger partial charge in [-0.25, -0.2) is 0 Å². The number of ether oxygens (including phenoxy) is 1. The molecule has 1 aromatic carbocycles. The first-order valence-corrected chi connectivity index (χ1v) is 6.16. The molecule has 3 N–H and O–H groups in total. The third-order valence-corrected chi connectivity index (χ3v) is 3.24. The Bertz CT molecular complexity index is 350. The third-order valence-electron chi connectivity index (χ3n) is 3.24. The largest absolute Gasteiger partial charge is 0.374 e. The fourth-order valence-corrected chi connectivity index (χ4v) is 2.04. The summed E-state index contributed by atoms with van der Waals surface area (Å²) in [6, 6.07) is 8.47. The van der Waals surface area contributed by atoms with Crippen LogP contribution in [0, 0.1) is 6.92 Å². The average Bonchev–Trinajstić information content (AvgIpc) is 2.27. The van der Waals surface area contributed by atoms with E-state index in [-0.39, 0.29) is 11.6 Å². The van der Waals surface area contributed by atoms with Crippen LogP contribution in [-0.4, -0.2) is 18.2 Å². The highest BCUT2D eigenvalue weighted by atomic mass is 16.5. The fraction of sp³-hybridized carbons (Fsp3) is 0.571. The van der Waals surface area contributed by atoms with Crippen molar-refractivity contribution in [3.8, 4) is 0 Å². The average molecular weight is 236 g/mol. The third kappa shape index (κ3) is 3.80. The van der Waals surface area contributed by atoms with E-state index in [0.29, 0.717) is 6.61 Å². The molecular weight excluding hydrogens is 212 g/mol. The minimum Gasteiger partial charge on any atom is -0.374 e. The van der Waals surface area contributed by atoms with Crippen molar-refractivity contribution in [1.82, 2.24) is 5.43 Å². The van der Waals surface area contributed by atoms with E-state index in [1.165, 1.54) is 11.1 Å². The van der Waals surface area contributed by atoms with Gasteiger partial charge in [-0.05, 0) is 45.2 Å². The molecule has 1 rings (SSSR count). The van der Waals surface area contributed by atoms with Crippen LogP contribution < -0.4 is 11.3 Å². The van der Waals surface area contributed by atoms with E-state index in [1.807, 2.05) is 6.92 Å². The molecule has 0 aliphatic carbocycles. The Hall–Kier alpha value is -0.900. The SMILES string of the molecule is CCOC(C)(C)C(Cc1ccccc1C)NN. The second kappa shape index (κ2) is 6.15. The zero-order valence-electron chi connectivity index (χ0n) is 11.3. The van der Waals surface area contributed by atoms with Crippen molar-refractivity contribution in [2.75, 3.05) is 6.61 Å². The molecule has 0 spiro atoms. The molecule has 0 aromatic heterocycles. The lowest BCUT2D eigenvalue weighted by Gasteiger charge is -2.34. The zero-order valence-corrected chi connectivity index (χ0v) is 11.3. The number of rotatable bonds is 6. The first kappa shape index (κ1) is 14.2. The summed E-state index contributed by atoms with van der Waals surface area (Å²) in [5.41, 5.74) is 5.21. The van der Waals surface area contributed by atoms with Gasteiger partial charge in [-0.2, -0.15) is 0 Å². The lowest BCUT2D eigenvalue weighted by atomic mass is 9.91. The first-order valence-electron chi connectivity index (χ1n) is 6.16. The number of nitrogens with two attached hydrogens (primary N) is 1. The molecule has 0 aliphatic heterocycles. The van der Waals surface area contributed by atoms with Gasteiger partial charge in [-0.1, -0.05) is 24.3 Å². The highest BCUT2D eigenvalue weighted by molar-refractivity contribution is 5.26. The number of hydrogen-bond acceptors (Lipinski definition) is 3. The fourth-order valence-electron chi connectivity index (χ4n) is 2.04. The van der Waals surface area contributed by atoms with E-state index in [1.54, 1.807) is 0 Å². The van der Waals surface area contributed by atoms with Crippen molar-refractivity contribution in [3.05, 3.63) is 35.4 Å². The van der Waals surface area contributed by atoms with Crippen LogP contribution in [0.3, 0.4) is 0 Å². The van der Waals surface area contributed by atoms with E-state index in [2.05, 4.69) is 50.5 Å². The van der Waals surface area contributed by atoms with Crippen molar-refractivity contribution in [3.63, 3.8) is 0 Å². The number of nitrogens with one attached hydrogen (secondary N) is 1. The van der Waals surface area contributed by atoms with Crippen molar-refractivity contribution >= 4 is 0 Å². The molecule has 0 bridgehead atoms. The van der Waals surface area contributed by atoms with Gasteiger partial charge in [0.25, 0.3) is 0 Å². The van der Waals surface area contributed by atoms with Crippen LogP contribution in [0.1, 0.15) is 31.9 Å². The summed E-state index contributed by atoms with van der Waals surface area (Å²) in [6.45, 7) is 8.96. The molecule has 0 saturated carbocycles. The molecule has 0 aliphatic rings. The normalized spacial score (nSPS) is 13.7. The maximum atomic E-state index is 5.75. The van der Waals surface area contributed by atoms with Gasteiger partial charge < -0.3 is 4.74 Å². The van der Waals surface area contributed by atoms with E-state index >= 15 is 0 Å². The van der Waals surface area contributed by atoms with Crippen molar-refractivity contribution < 1.29 is 4.74 Å². The Morgan fingerprint density at radius 2 is 2.00 bits per heavy atom. The Kier molecular flexibility index (Phi) is 5.12. The van der Waals surface area contributed by atoms with Crippen LogP contribution in [-0.2, 0) is 11.2 Å². The molecule has 1 atom stereocenters. The number of hydrogen-bond donors (Lipinski definition) is 2. The van der Waals surface area contributed by atoms with Crippen LogP contribution in [0.15, 0.2) is 24.3 Å². The Balaban J connectivity index is 2.80. The van der Waals surface area contributed by atoms with Crippen molar-refractivity contribution in [1.29, 1.82) is 0 Å². The van der Waals surface area contributed by atoms with Gasteiger partial charge >= 0.3 is 0 Å². The maximum Gasteiger partial charge on any atom is 0.0795 e. The molecule has 1 unspecified atom stereocenters. The van der Waals surface area contributed by atoms with Gasteiger partial charge in [0, 0.05) is 6.61 Å². The van der Waals surface area contributed by atoms with Crippen LogP contribution >= 0.6 is 0 Å². The predicted molar refractivity (Wildman–Crippen MR) is 71.7 cm³/mol. The summed E-state index contributed by atoms with van der Waals surface area (Å²) in [7, 11) is 0. The Labute approximate surface area is 104 Å². The van der Waals surface area contributed by atoms with E-state index in [9.17, 15) is 0 Å².